The lowest BCUT2D eigenvalue weighted by Gasteiger charge is -2.15. The van der Waals surface area contributed by atoms with Crippen LogP contribution in [0.3, 0.4) is 0 Å². The van der Waals surface area contributed by atoms with Crippen molar-refractivity contribution in [3.05, 3.63) is 23.8 Å². The second kappa shape index (κ2) is 6.52. The molecule has 1 aromatic rings. The highest BCUT2D eigenvalue weighted by atomic mass is 32.2. The van der Waals surface area contributed by atoms with E-state index in [-0.39, 0.29) is 18.4 Å². The van der Waals surface area contributed by atoms with Crippen LogP contribution < -0.4 is 10.5 Å². The topological polar surface area (TPSA) is 81.4 Å². The maximum Gasteiger partial charge on any atom is 0.418 e. The van der Waals surface area contributed by atoms with Crippen LogP contribution in [0.15, 0.2) is 18.2 Å². The molecule has 1 aromatic carbocycles. The Morgan fingerprint density at radius 1 is 1.33 bits per heavy atom. The van der Waals surface area contributed by atoms with Gasteiger partial charge in [0.1, 0.15) is 0 Å². The summed E-state index contributed by atoms with van der Waals surface area (Å²) in [6, 6.07) is 2.86. The van der Waals surface area contributed by atoms with Gasteiger partial charge in [-0.2, -0.15) is 13.2 Å². The average molecular weight is 326 g/mol. The van der Waals surface area contributed by atoms with Crippen molar-refractivity contribution >= 4 is 21.4 Å². The van der Waals surface area contributed by atoms with Crippen molar-refractivity contribution in [2.24, 2.45) is 0 Å². The molecule has 0 aromatic heterocycles. The van der Waals surface area contributed by atoms with Crippen LogP contribution in [0.1, 0.15) is 19.4 Å². The van der Waals surface area contributed by atoms with Crippen LogP contribution in [0.4, 0.5) is 24.5 Å². The van der Waals surface area contributed by atoms with E-state index in [9.17, 15) is 21.6 Å². The number of hydrogen-bond donors (Lipinski definition) is 2. The molecule has 0 atom stereocenters. The van der Waals surface area contributed by atoms with Crippen molar-refractivity contribution in [3.8, 4) is 0 Å². The van der Waals surface area contributed by atoms with Crippen LogP contribution in [-0.4, -0.2) is 26.9 Å². The summed E-state index contributed by atoms with van der Waals surface area (Å²) in [4.78, 5) is 0. The van der Waals surface area contributed by atoms with E-state index in [0.29, 0.717) is 6.07 Å². The largest absolute Gasteiger partial charge is 0.418 e. The molecule has 0 saturated heterocycles. The summed E-state index contributed by atoms with van der Waals surface area (Å²) in [7, 11) is -3.94. The molecular formula is C12H17F3N2O3S. The third-order valence-corrected chi connectivity index (χ3v) is 3.65. The van der Waals surface area contributed by atoms with Gasteiger partial charge in [0.05, 0.1) is 29.7 Å². The summed E-state index contributed by atoms with van der Waals surface area (Å²) in [6.07, 6.45) is -4.87. The minimum Gasteiger partial charge on any atom is -0.399 e. The average Bonchev–Trinajstić information content (AvgIpc) is 2.29. The molecule has 0 saturated carbocycles. The molecule has 0 bridgehead atoms. The molecule has 0 fully saturated rings. The van der Waals surface area contributed by atoms with Gasteiger partial charge in [-0.3, -0.25) is 4.72 Å². The Bertz CT molecular complexity index is 586. The van der Waals surface area contributed by atoms with Gasteiger partial charge >= 0.3 is 6.18 Å². The number of nitrogens with two attached hydrogens (primary N) is 1. The Morgan fingerprint density at radius 3 is 2.48 bits per heavy atom. The Balaban J connectivity index is 2.92. The molecule has 120 valence electrons. The highest BCUT2D eigenvalue weighted by Gasteiger charge is 2.34. The predicted octanol–water partition coefficient (Wildman–Crippen LogP) is 2.45. The van der Waals surface area contributed by atoms with Gasteiger partial charge in [0.25, 0.3) is 0 Å². The Morgan fingerprint density at radius 2 is 1.95 bits per heavy atom. The quantitative estimate of drug-likeness (QED) is 0.787. The molecule has 0 aliphatic heterocycles. The first-order valence-corrected chi connectivity index (χ1v) is 7.75. The second-order valence-corrected chi connectivity index (χ2v) is 6.49. The van der Waals surface area contributed by atoms with Gasteiger partial charge < -0.3 is 10.5 Å². The zero-order valence-electron chi connectivity index (χ0n) is 11.6. The lowest BCUT2D eigenvalue weighted by molar-refractivity contribution is -0.136. The van der Waals surface area contributed by atoms with Crippen molar-refractivity contribution in [2.75, 3.05) is 22.8 Å². The molecular weight excluding hydrogens is 309 g/mol. The van der Waals surface area contributed by atoms with Crippen LogP contribution in [0.25, 0.3) is 0 Å². The van der Waals surface area contributed by atoms with Crippen LogP contribution in [0, 0.1) is 0 Å². The van der Waals surface area contributed by atoms with Gasteiger partial charge in [0, 0.05) is 5.69 Å². The lowest BCUT2D eigenvalue weighted by atomic mass is 10.1. The van der Waals surface area contributed by atoms with Crippen molar-refractivity contribution in [3.63, 3.8) is 0 Å². The van der Waals surface area contributed by atoms with Gasteiger partial charge in [-0.05, 0) is 32.0 Å². The third-order valence-electron chi connectivity index (χ3n) is 2.42. The van der Waals surface area contributed by atoms with E-state index in [2.05, 4.69) is 0 Å². The standard InChI is InChI=1S/C12H17F3N2O3S/c1-8(2)20-5-6-21(18,19)17-11-4-3-9(16)7-10(11)12(13,14)15/h3-4,7-8,17H,5-6,16H2,1-2H3. The number of alkyl halides is 3. The minimum absolute atomic E-state index is 0.103. The Hall–Kier alpha value is -1.48. The highest BCUT2D eigenvalue weighted by molar-refractivity contribution is 7.92. The summed E-state index contributed by atoms with van der Waals surface area (Å²) < 4.78 is 69.0. The van der Waals surface area contributed by atoms with Crippen LogP contribution in [-0.2, 0) is 20.9 Å². The van der Waals surface area contributed by atoms with E-state index in [0.717, 1.165) is 6.07 Å². The first-order valence-electron chi connectivity index (χ1n) is 6.10. The fraction of sp³-hybridized carbons (Fsp3) is 0.500. The fourth-order valence-corrected chi connectivity index (χ4v) is 2.43. The Kier molecular flexibility index (Phi) is 5.46. The number of rotatable bonds is 6. The molecule has 9 heteroatoms. The highest BCUT2D eigenvalue weighted by Crippen LogP contribution is 2.36. The number of anilines is 2. The van der Waals surface area contributed by atoms with Crippen LogP contribution >= 0.6 is 0 Å². The lowest BCUT2D eigenvalue weighted by Crippen LogP contribution is -2.23. The predicted molar refractivity (Wildman–Crippen MR) is 74.4 cm³/mol. The molecule has 0 unspecified atom stereocenters. The number of sulfonamides is 1. The summed E-state index contributed by atoms with van der Waals surface area (Å²) in [5, 5.41) is 0. The number of benzene rings is 1. The molecule has 3 N–H and O–H groups in total. The van der Waals surface area contributed by atoms with Crippen molar-refractivity contribution < 1.29 is 26.3 Å². The minimum atomic E-state index is -4.71. The zero-order chi connectivity index (χ0) is 16.3. The molecule has 1 rings (SSSR count). The molecule has 0 spiro atoms. The van der Waals surface area contributed by atoms with Crippen molar-refractivity contribution in [1.29, 1.82) is 0 Å². The number of ether oxygens (including phenoxy) is 1. The van der Waals surface area contributed by atoms with E-state index >= 15 is 0 Å². The van der Waals surface area contributed by atoms with E-state index in [1.54, 1.807) is 13.8 Å². The number of nitrogens with one attached hydrogen (secondary N) is 1. The maximum absolute atomic E-state index is 12.8. The van der Waals surface area contributed by atoms with Gasteiger partial charge in [-0.1, -0.05) is 0 Å². The summed E-state index contributed by atoms with van der Waals surface area (Å²) in [5.74, 6) is -0.438. The number of hydrogen-bond acceptors (Lipinski definition) is 4. The first kappa shape index (κ1) is 17.6. The first-order chi connectivity index (χ1) is 9.51. The van der Waals surface area contributed by atoms with E-state index in [1.165, 1.54) is 6.07 Å². The Labute approximate surface area is 121 Å². The number of nitrogen functional groups attached to an aromatic ring is 1. The van der Waals surface area contributed by atoms with E-state index in [1.807, 2.05) is 4.72 Å². The van der Waals surface area contributed by atoms with Crippen molar-refractivity contribution in [1.82, 2.24) is 0 Å². The smallest absolute Gasteiger partial charge is 0.399 e. The normalized spacial score (nSPS) is 12.7. The monoisotopic (exact) mass is 326 g/mol. The number of halogens is 3. The van der Waals surface area contributed by atoms with Gasteiger partial charge in [0.2, 0.25) is 10.0 Å². The molecule has 5 nitrogen and oxygen atoms in total. The zero-order valence-corrected chi connectivity index (χ0v) is 12.4. The van der Waals surface area contributed by atoms with Gasteiger partial charge in [-0.25, -0.2) is 8.42 Å². The van der Waals surface area contributed by atoms with Crippen LogP contribution in [0.2, 0.25) is 0 Å². The van der Waals surface area contributed by atoms with Gasteiger partial charge in [-0.15, -0.1) is 0 Å². The van der Waals surface area contributed by atoms with Crippen LogP contribution in [0.5, 0.6) is 0 Å². The SMILES string of the molecule is CC(C)OCCS(=O)(=O)Nc1ccc(N)cc1C(F)(F)F. The summed E-state index contributed by atoms with van der Waals surface area (Å²) >= 11 is 0. The molecule has 0 heterocycles. The van der Waals surface area contributed by atoms with Gasteiger partial charge in [0.15, 0.2) is 0 Å². The summed E-state index contributed by atoms with van der Waals surface area (Å²) in [6.45, 7) is 3.34. The van der Waals surface area contributed by atoms with E-state index in [4.69, 9.17) is 10.5 Å². The summed E-state index contributed by atoms with van der Waals surface area (Å²) in [5.41, 5.74) is 3.52. The van der Waals surface area contributed by atoms with Crippen molar-refractivity contribution in [2.45, 2.75) is 26.1 Å². The third kappa shape index (κ3) is 5.80. The maximum atomic E-state index is 12.8. The fourth-order valence-electron chi connectivity index (χ4n) is 1.50. The molecule has 0 amide bonds. The second-order valence-electron chi connectivity index (χ2n) is 4.64. The molecule has 0 aliphatic rings. The molecule has 21 heavy (non-hydrogen) atoms. The molecule has 0 radical (unpaired) electrons. The van der Waals surface area contributed by atoms with E-state index < -0.39 is 33.2 Å². The molecule has 0 aliphatic carbocycles.